The number of anilines is 1. The highest BCUT2D eigenvalue weighted by molar-refractivity contribution is 5.63. The third-order valence-corrected chi connectivity index (χ3v) is 2.82. The van der Waals surface area contributed by atoms with Crippen LogP contribution in [0.5, 0.6) is 5.88 Å². The zero-order chi connectivity index (χ0) is 13.8. The van der Waals surface area contributed by atoms with Crippen molar-refractivity contribution in [2.24, 2.45) is 0 Å². The van der Waals surface area contributed by atoms with Crippen LogP contribution in [0.2, 0.25) is 0 Å². The normalized spacial score (nSPS) is 13.8. The number of allylic oxidation sites excluding steroid dienone is 1. The lowest BCUT2D eigenvalue weighted by atomic mass is 10.3. The highest BCUT2D eigenvalue weighted by Gasteiger charge is 2.17. The van der Waals surface area contributed by atoms with Gasteiger partial charge < -0.3 is 19.7 Å². The molecule has 0 saturated heterocycles. The lowest BCUT2D eigenvalue weighted by Crippen LogP contribution is -2.21. The number of hydrogen-bond acceptors (Lipinski definition) is 5. The second kappa shape index (κ2) is 5.65. The van der Waals surface area contributed by atoms with Crippen molar-refractivity contribution in [2.45, 2.75) is 13.8 Å². The van der Waals surface area contributed by atoms with Gasteiger partial charge in [-0.05, 0) is 26.0 Å². The molecule has 102 valence electrons. The average molecular weight is 261 g/mol. The maximum absolute atomic E-state index is 5.36. The monoisotopic (exact) mass is 261 g/mol. The Kier molecular flexibility index (Phi) is 3.94. The second-order valence-corrected chi connectivity index (χ2v) is 4.20. The first-order valence-corrected chi connectivity index (χ1v) is 6.21. The second-order valence-electron chi connectivity index (χ2n) is 4.20. The van der Waals surface area contributed by atoms with E-state index in [-0.39, 0.29) is 0 Å². The van der Waals surface area contributed by atoms with Crippen LogP contribution < -0.4 is 15.0 Å². The summed E-state index contributed by atoms with van der Waals surface area (Å²) in [6, 6.07) is 3.85. The Morgan fingerprint density at radius 3 is 2.89 bits per heavy atom. The van der Waals surface area contributed by atoms with E-state index >= 15 is 0 Å². The predicted molar refractivity (Wildman–Crippen MR) is 75.7 cm³/mol. The molecule has 0 fully saturated rings. The third-order valence-electron chi connectivity index (χ3n) is 2.82. The first kappa shape index (κ1) is 13.3. The van der Waals surface area contributed by atoms with Crippen molar-refractivity contribution >= 4 is 11.4 Å². The quantitative estimate of drug-likeness (QED) is 0.824. The van der Waals surface area contributed by atoms with Gasteiger partial charge in [0, 0.05) is 11.9 Å². The van der Waals surface area contributed by atoms with Crippen molar-refractivity contribution in [3.05, 3.63) is 36.3 Å². The smallest absolute Gasteiger partial charge is 0.238 e. The minimum atomic E-state index is 0.554. The lowest BCUT2D eigenvalue weighted by Gasteiger charge is -2.18. The molecule has 5 heteroatoms. The molecule has 0 radical (unpaired) electrons. The molecule has 0 aromatic carbocycles. The fourth-order valence-corrected chi connectivity index (χ4v) is 1.89. The van der Waals surface area contributed by atoms with Gasteiger partial charge in [0.15, 0.2) is 0 Å². The van der Waals surface area contributed by atoms with E-state index in [1.807, 2.05) is 37.1 Å². The van der Waals surface area contributed by atoms with E-state index in [9.17, 15) is 0 Å². The van der Waals surface area contributed by atoms with Crippen molar-refractivity contribution in [1.29, 1.82) is 0 Å². The Hall–Kier alpha value is -2.17. The maximum atomic E-state index is 5.36. The minimum absolute atomic E-state index is 0.554. The summed E-state index contributed by atoms with van der Waals surface area (Å²) < 4.78 is 10.7. The van der Waals surface area contributed by atoms with Crippen molar-refractivity contribution < 1.29 is 9.47 Å². The molecule has 2 rings (SSSR count). The van der Waals surface area contributed by atoms with Gasteiger partial charge in [0.05, 0.1) is 20.4 Å². The number of ether oxygens (including phenoxy) is 2. The molecule has 19 heavy (non-hydrogen) atoms. The van der Waals surface area contributed by atoms with Crippen LogP contribution in [-0.4, -0.2) is 25.4 Å². The first-order chi connectivity index (χ1) is 9.15. The number of pyridine rings is 1. The van der Waals surface area contributed by atoms with E-state index in [1.165, 1.54) is 0 Å². The van der Waals surface area contributed by atoms with Crippen LogP contribution in [0.1, 0.15) is 19.5 Å². The van der Waals surface area contributed by atoms with E-state index in [0.717, 1.165) is 18.1 Å². The summed E-state index contributed by atoms with van der Waals surface area (Å²) in [6.45, 7) is 9.08. The van der Waals surface area contributed by atoms with Crippen molar-refractivity contribution in [2.75, 3.05) is 25.3 Å². The van der Waals surface area contributed by atoms with Crippen molar-refractivity contribution in [3.8, 4) is 5.88 Å². The molecule has 1 aromatic heterocycles. The molecule has 1 aromatic rings. The summed E-state index contributed by atoms with van der Waals surface area (Å²) in [5.41, 5.74) is 2.72. The van der Waals surface area contributed by atoms with Gasteiger partial charge in [-0.15, -0.1) is 0 Å². The fourth-order valence-electron chi connectivity index (χ4n) is 1.89. The molecular weight excluding hydrogens is 242 g/mol. The molecule has 1 aliphatic heterocycles. The molecule has 0 amide bonds. The molecular formula is C14H19N3O2. The summed E-state index contributed by atoms with van der Waals surface area (Å²) in [5, 5.41) is 3.24. The molecule has 0 atom stereocenters. The summed E-state index contributed by atoms with van der Waals surface area (Å²) in [7, 11) is 1.61. The molecule has 0 spiro atoms. The Morgan fingerprint density at radius 2 is 2.32 bits per heavy atom. The molecule has 0 saturated carbocycles. The average Bonchev–Trinajstić information content (AvgIpc) is 2.84. The molecule has 0 bridgehead atoms. The highest BCUT2D eigenvalue weighted by atomic mass is 16.5. The Labute approximate surface area is 113 Å². The number of hydrogen-bond donors (Lipinski definition) is 1. The van der Waals surface area contributed by atoms with E-state index < -0.39 is 0 Å². The van der Waals surface area contributed by atoms with Crippen molar-refractivity contribution in [1.82, 2.24) is 10.3 Å². The zero-order valence-corrected chi connectivity index (χ0v) is 11.6. The number of methoxy groups -OCH3 is 1. The van der Waals surface area contributed by atoms with Gasteiger partial charge in [-0.1, -0.05) is 6.58 Å². The fraction of sp³-hybridized carbons (Fsp3) is 0.357. The van der Waals surface area contributed by atoms with Crippen molar-refractivity contribution in [3.63, 3.8) is 0 Å². The number of rotatable bonds is 5. The Bertz CT molecular complexity index is 511. The van der Waals surface area contributed by atoms with Crippen LogP contribution in [0.25, 0.3) is 5.76 Å². The van der Waals surface area contributed by atoms with Gasteiger partial charge >= 0.3 is 0 Å². The predicted octanol–water partition coefficient (Wildman–Crippen LogP) is 2.33. The topological polar surface area (TPSA) is 46.6 Å². The maximum Gasteiger partial charge on any atom is 0.238 e. The molecule has 5 nitrogen and oxygen atoms in total. The molecule has 1 N–H and O–H groups in total. The van der Waals surface area contributed by atoms with Gasteiger partial charge in [-0.3, -0.25) is 0 Å². The molecule has 0 aliphatic carbocycles. The van der Waals surface area contributed by atoms with Gasteiger partial charge in [-0.2, -0.15) is 0 Å². The number of nitrogens with one attached hydrogen (secondary N) is 1. The van der Waals surface area contributed by atoms with E-state index in [1.54, 1.807) is 7.11 Å². The van der Waals surface area contributed by atoms with Crippen LogP contribution in [0.3, 0.4) is 0 Å². The van der Waals surface area contributed by atoms with Crippen LogP contribution in [0.15, 0.2) is 30.6 Å². The first-order valence-electron chi connectivity index (χ1n) is 6.21. The number of aromatic nitrogens is 1. The van der Waals surface area contributed by atoms with Crippen LogP contribution in [-0.2, 0) is 4.74 Å². The van der Waals surface area contributed by atoms with Gasteiger partial charge in [-0.25, -0.2) is 4.98 Å². The molecule has 0 unspecified atom stereocenters. The highest BCUT2D eigenvalue weighted by Crippen LogP contribution is 2.29. The van der Waals surface area contributed by atoms with E-state index in [0.29, 0.717) is 23.9 Å². The number of nitrogens with zero attached hydrogens (tertiary/aromatic N) is 2. The van der Waals surface area contributed by atoms with Gasteiger partial charge in [0.2, 0.25) is 5.88 Å². The standard InChI is InChI=1S/C14H19N3O2/c1-5-19-11(3)12-6-7-13(14(16-12)18-4)17-8-10(2)15-9-17/h6-8,15H,3,5,9H2,1-2,4H3. The van der Waals surface area contributed by atoms with Crippen LogP contribution in [0.4, 0.5) is 5.69 Å². The largest absolute Gasteiger partial charge is 0.492 e. The van der Waals surface area contributed by atoms with Crippen LogP contribution >= 0.6 is 0 Å². The third kappa shape index (κ3) is 2.81. The lowest BCUT2D eigenvalue weighted by molar-refractivity contribution is 0.297. The zero-order valence-electron chi connectivity index (χ0n) is 11.6. The summed E-state index contributed by atoms with van der Waals surface area (Å²) in [5.74, 6) is 1.12. The van der Waals surface area contributed by atoms with E-state index in [4.69, 9.17) is 9.47 Å². The minimum Gasteiger partial charge on any atom is -0.492 e. The molecule has 2 heterocycles. The van der Waals surface area contributed by atoms with Crippen LogP contribution in [0, 0.1) is 0 Å². The SMILES string of the molecule is C=C(OCC)c1ccc(N2C=C(C)NC2)c(OC)n1. The molecule has 1 aliphatic rings. The Morgan fingerprint density at radius 1 is 1.53 bits per heavy atom. The summed E-state index contributed by atoms with van der Waals surface area (Å²) >= 11 is 0. The Balaban J connectivity index is 2.29. The summed E-state index contributed by atoms with van der Waals surface area (Å²) in [6.07, 6.45) is 2.02. The van der Waals surface area contributed by atoms with Gasteiger partial charge in [0.1, 0.15) is 17.1 Å². The van der Waals surface area contributed by atoms with Gasteiger partial charge in [0.25, 0.3) is 0 Å². The summed E-state index contributed by atoms with van der Waals surface area (Å²) in [4.78, 5) is 6.48. The van der Waals surface area contributed by atoms with E-state index in [2.05, 4.69) is 16.9 Å².